The van der Waals surface area contributed by atoms with E-state index in [4.69, 9.17) is 5.73 Å². The van der Waals surface area contributed by atoms with Crippen LogP contribution < -0.4 is 5.73 Å². The fourth-order valence-electron chi connectivity index (χ4n) is 1.52. The molecule has 2 N–H and O–H groups in total. The predicted molar refractivity (Wildman–Crippen MR) is 47.7 cm³/mol. The van der Waals surface area contributed by atoms with Crippen molar-refractivity contribution in [2.24, 2.45) is 0 Å². The van der Waals surface area contributed by atoms with Gasteiger partial charge in [-0.1, -0.05) is 13.3 Å². The standard InChI is InChI=1S/C8H12N2S/c1-8(3-2-4-8)6-5-10-7(9)11-6/h5H,2-4H2,1H3,(H2,9,10). The molecule has 1 aromatic rings. The molecule has 0 aromatic carbocycles. The highest BCUT2D eigenvalue weighted by Crippen LogP contribution is 2.45. The van der Waals surface area contributed by atoms with Crippen molar-refractivity contribution in [3.63, 3.8) is 0 Å². The van der Waals surface area contributed by atoms with Crippen LogP contribution in [0.5, 0.6) is 0 Å². The summed E-state index contributed by atoms with van der Waals surface area (Å²) in [6, 6.07) is 0. The number of anilines is 1. The van der Waals surface area contributed by atoms with Gasteiger partial charge in [-0.05, 0) is 12.8 Å². The number of aromatic nitrogens is 1. The number of nitrogens with zero attached hydrogens (tertiary/aromatic N) is 1. The summed E-state index contributed by atoms with van der Waals surface area (Å²) < 4.78 is 0. The molecule has 1 aliphatic rings. The monoisotopic (exact) mass is 168 g/mol. The first kappa shape index (κ1) is 7.10. The van der Waals surface area contributed by atoms with Crippen LogP contribution in [-0.2, 0) is 5.41 Å². The molecule has 0 atom stereocenters. The van der Waals surface area contributed by atoms with E-state index < -0.39 is 0 Å². The Hall–Kier alpha value is -0.570. The van der Waals surface area contributed by atoms with E-state index in [-0.39, 0.29) is 0 Å². The number of nitrogens with two attached hydrogens (primary N) is 1. The third kappa shape index (κ3) is 1.03. The van der Waals surface area contributed by atoms with E-state index in [1.165, 1.54) is 24.1 Å². The van der Waals surface area contributed by atoms with Gasteiger partial charge in [-0.25, -0.2) is 4.98 Å². The van der Waals surface area contributed by atoms with Gasteiger partial charge < -0.3 is 5.73 Å². The molecular weight excluding hydrogens is 156 g/mol. The zero-order valence-electron chi connectivity index (χ0n) is 6.63. The normalized spacial score (nSPS) is 21.2. The van der Waals surface area contributed by atoms with Crippen LogP contribution in [0.1, 0.15) is 31.1 Å². The lowest BCUT2D eigenvalue weighted by atomic mass is 9.70. The Bertz CT molecular complexity index is 263. The summed E-state index contributed by atoms with van der Waals surface area (Å²) in [5.74, 6) is 0. The van der Waals surface area contributed by atoms with Crippen molar-refractivity contribution in [2.75, 3.05) is 5.73 Å². The van der Waals surface area contributed by atoms with E-state index in [9.17, 15) is 0 Å². The molecule has 1 aliphatic carbocycles. The summed E-state index contributed by atoms with van der Waals surface area (Å²) >= 11 is 1.64. The number of hydrogen-bond donors (Lipinski definition) is 1. The first-order chi connectivity index (χ1) is 5.21. The molecule has 1 saturated carbocycles. The highest BCUT2D eigenvalue weighted by atomic mass is 32.1. The van der Waals surface area contributed by atoms with E-state index in [1.807, 2.05) is 6.20 Å². The Balaban J connectivity index is 2.28. The van der Waals surface area contributed by atoms with Gasteiger partial charge in [-0.2, -0.15) is 0 Å². The van der Waals surface area contributed by atoms with Crippen LogP contribution in [0, 0.1) is 0 Å². The van der Waals surface area contributed by atoms with E-state index in [2.05, 4.69) is 11.9 Å². The lowest BCUT2D eigenvalue weighted by Gasteiger charge is -2.36. The topological polar surface area (TPSA) is 38.9 Å². The molecule has 3 heteroatoms. The summed E-state index contributed by atoms with van der Waals surface area (Å²) in [6.07, 6.45) is 5.89. The number of hydrogen-bond acceptors (Lipinski definition) is 3. The van der Waals surface area contributed by atoms with Crippen molar-refractivity contribution in [1.29, 1.82) is 0 Å². The Kier molecular flexibility index (Phi) is 1.42. The minimum absolute atomic E-state index is 0.412. The first-order valence-corrected chi connectivity index (χ1v) is 4.74. The summed E-state index contributed by atoms with van der Waals surface area (Å²) in [5, 5.41) is 0.702. The van der Waals surface area contributed by atoms with Crippen LogP contribution >= 0.6 is 11.3 Å². The average Bonchev–Trinajstić information content (AvgIpc) is 2.31. The molecule has 0 spiro atoms. The second kappa shape index (κ2) is 2.21. The molecule has 1 fully saturated rings. The maximum Gasteiger partial charge on any atom is 0.180 e. The molecule has 0 saturated heterocycles. The fraction of sp³-hybridized carbons (Fsp3) is 0.625. The summed E-state index contributed by atoms with van der Waals surface area (Å²) in [6.45, 7) is 2.30. The van der Waals surface area contributed by atoms with Crippen LogP contribution in [0.25, 0.3) is 0 Å². The van der Waals surface area contributed by atoms with Gasteiger partial charge in [0.05, 0.1) is 0 Å². The van der Waals surface area contributed by atoms with Gasteiger partial charge in [0.1, 0.15) is 0 Å². The minimum Gasteiger partial charge on any atom is -0.375 e. The molecule has 2 rings (SSSR count). The molecule has 11 heavy (non-hydrogen) atoms. The zero-order valence-corrected chi connectivity index (χ0v) is 7.45. The van der Waals surface area contributed by atoms with Gasteiger partial charge in [0.25, 0.3) is 0 Å². The maximum absolute atomic E-state index is 5.56. The lowest BCUT2D eigenvalue weighted by Crippen LogP contribution is -2.29. The van der Waals surface area contributed by atoms with Crippen molar-refractivity contribution in [3.05, 3.63) is 11.1 Å². The van der Waals surface area contributed by atoms with Gasteiger partial charge in [0.2, 0.25) is 0 Å². The molecule has 1 aromatic heterocycles. The summed E-state index contributed by atoms with van der Waals surface area (Å²) in [4.78, 5) is 5.42. The smallest absolute Gasteiger partial charge is 0.180 e. The second-order valence-corrected chi connectivity index (χ2v) is 4.54. The number of rotatable bonds is 1. The highest BCUT2D eigenvalue weighted by Gasteiger charge is 2.35. The Morgan fingerprint density at radius 1 is 1.64 bits per heavy atom. The molecule has 1 heterocycles. The van der Waals surface area contributed by atoms with Gasteiger partial charge >= 0.3 is 0 Å². The summed E-state index contributed by atoms with van der Waals surface area (Å²) in [5.41, 5.74) is 5.97. The third-order valence-corrected chi connectivity index (χ3v) is 3.71. The first-order valence-electron chi connectivity index (χ1n) is 3.92. The minimum atomic E-state index is 0.412. The van der Waals surface area contributed by atoms with Crippen LogP contribution in [0.2, 0.25) is 0 Å². The second-order valence-electron chi connectivity index (χ2n) is 3.48. The van der Waals surface area contributed by atoms with Gasteiger partial charge in [0.15, 0.2) is 5.13 Å². The van der Waals surface area contributed by atoms with Crippen molar-refractivity contribution in [1.82, 2.24) is 4.98 Å². The third-order valence-electron chi connectivity index (χ3n) is 2.58. The van der Waals surface area contributed by atoms with E-state index in [0.717, 1.165) is 0 Å². The van der Waals surface area contributed by atoms with Crippen molar-refractivity contribution < 1.29 is 0 Å². The lowest BCUT2D eigenvalue weighted by molar-refractivity contribution is 0.277. The van der Waals surface area contributed by atoms with Crippen LogP contribution in [0.15, 0.2) is 6.20 Å². The predicted octanol–water partition coefficient (Wildman–Crippen LogP) is 2.17. The van der Waals surface area contributed by atoms with Crippen LogP contribution in [-0.4, -0.2) is 4.98 Å². The fourth-order valence-corrected chi connectivity index (χ4v) is 2.41. The van der Waals surface area contributed by atoms with Gasteiger partial charge in [-0.3, -0.25) is 0 Å². The van der Waals surface area contributed by atoms with Crippen molar-refractivity contribution >= 4 is 16.5 Å². The van der Waals surface area contributed by atoms with E-state index in [1.54, 1.807) is 11.3 Å². The largest absolute Gasteiger partial charge is 0.375 e. The Labute approximate surface area is 70.5 Å². The molecule has 0 radical (unpaired) electrons. The average molecular weight is 168 g/mol. The highest BCUT2D eigenvalue weighted by molar-refractivity contribution is 7.15. The molecular formula is C8H12N2S. The van der Waals surface area contributed by atoms with Crippen LogP contribution in [0.4, 0.5) is 5.13 Å². The zero-order chi connectivity index (χ0) is 7.90. The van der Waals surface area contributed by atoms with Gasteiger partial charge in [0, 0.05) is 16.5 Å². The molecule has 2 nitrogen and oxygen atoms in total. The van der Waals surface area contributed by atoms with Crippen LogP contribution in [0.3, 0.4) is 0 Å². The summed E-state index contributed by atoms with van der Waals surface area (Å²) in [7, 11) is 0. The quantitative estimate of drug-likeness (QED) is 0.698. The molecule has 0 bridgehead atoms. The van der Waals surface area contributed by atoms with Gasteiger partial charge in [-0.15, -0.1) is 11.3 Å². The SMILES string of the molecule is CC1(c2cnc(N)s2)CCC1. The van der Waals surface area contributed by atoms with Crippen molar-refractivity contribution in [2.45, 2.75) is 31.6 Å². The molecule has 60 valence electrons. The Morgan fingerprint density at radius 3 is 2.73 bits per heavy atom. The molecule has 0 amide bonds. The Morgan fingerprint density at radius 2 is 2.36 bits per heavy atom. The number of thiazole rings is 1. The number of nitrogen functional groups attached to an aromatic ring is 1. The maximum atomic E-state index is 5.56. The van der Waals surface area contributed by atoms with Crippen molar-refractivity contribution in [3.8, 4) is 0 Å². The molecule has 0 aliphatic heterocycles. The molecule has 0 unspecified atom stereocenters. The van der Waals surface area contributed by atoms with E-state index >= 15 is 0 Å². The van der Waals surface area contributed by atoms with E-state index in [0.29, 0.717) is 10.5 Å².